The van der Waals surface area contributed by atoms with Gasteiger partial charge in [-0.3, -0.25) is 4.79 Å². The number of aldehydes is 1. The van der Waals surface area contributed by atoms with Gasteiger partial charge in [-0.1, -0.05) is 32.0 Å². The van der Waals surface area contributed by atoms with Crippen LogP contribution in [0.5, 0.6) is 0 Å². The van der Waals surface area contributed by atoms with Gasteiger partial charge >= 0.3 is 6.18 Å². The summed E-state index contributed by atoms with van der Waals surface area (Å²) in [7, 11) is 0. The molecule has 106 valence electrons. The quantitative estimate of drug-likeness (QED) is 0.753. The minimum atomic E-state index is -4.35. The van der Waals surface area contributed by atoms with E-state index in [-0.39, 0.29) is 5.69 Å². The number of pyridine rings is 1. The Morgan fingerprint density at radius 3 is 2.10 bits per heavy atom. The van der Waals surface area contributed by atoms with Gasteiger partial charge in [0.1, 0.15) is 5.69 Å². The lowest BCUT2D eigenvalue weighted by Gasteiger charge is -2.07. The first kappa shape index (κ1) is 15.9. The second kappa shape index (κ2) is 6.84. The molecule has 2 rings (SSSR count). The van der Waals surface area contributed by atoms with Gasteiger partial charge in [-0.2, -0.15) is 13.2 Å². The Labute approximate surface area is 115 Å². The zero-order valence-electron chi connectivity index (χ0n) is 11.1. The summed E-state index contributed by atoms with van der Waals surface area (Å²) in [6.07, 6.45) is -3.76. The molecule has 0 aliphatic rings. The average molecular weight is 281 g/mol. The molecular formula is C15H14F3NO. The maximum atomic E-state index is 12.4. The molecule has 1 heterocycles. The number of alkyl halides is 3. The number of nitrogens with zero attached hydrogens (tertiary/aromatic N) is 1. The van der Waals surface area contributed by atoms with E-state index in [1.165, 1.54) is 18.2 Å². The Kier molecular flexibility index (Phi) is 5.43. The van der Waals surface area contributed by atoms with Crippen molar-refractivity contribution in [2.24, 2.45) is 0 Å². The molecule has 0 aliphatic carbocycles. The van der Waals surface area contributed by atoms with E-state index in [1.807, 2.05) is 13.8 Å². The van der Waals surface area contributed by atoms with Gasteiger partial charge in [0.15, 0.2) is 6.29 Å². The van der Waals surface area contributed by atoms with Crippen LogP contribution in [-0.4, -0.2) is 11.3 Å². The van der Waals surface area contributed by atoms with Crippen LogP contribution in [0.3, 0.4) is 0 Å². The highest BCUT2D eigenvalue weighted by Crippen LogP contribution is 2.30. The van der Waals surface area contributed by atoms with E-state index in [4.69, 9.17) is 0 Å². The third kappa shape index (κ3) is 3.91. The zero-order valence-corrected chi connectivity index (χ0v) is 11.1. The van der Waals surface area contributed by atoms with Crippen molar-refractivity contribution in [2.75, 3.05) is 0 Å². The molecule has 0 atom stereocenters. The zero-order chi connectivity index (χ0) is 15.2. The first-order valence-corrected chi connectivity index (χ1v) is 6.10. The Morgan fingerprint density at radius 2 is 1.60 bits per heavy atom. The lowest BCUT2D eigenvalue weighted by molar-refractivity contribution is -0.137. The summed E-state index contributed by atoms with van der Waals surface area (Å²) in [6, 6.07) is 9.44. The third-order valence-electron chi connectivity index (χ3n) is 2.40. The van der Waals surface area contributed by atoms with E-state index in [1.54, 1.807) is 12.1 Å². The van der Waals surface area contributed by atoms with Crippen LogP contribution >= 0.6 is 0 Å². The monoisotopic (exact) mass is 281 g/mol. The smallest absolute Gasteiger partial charge is 0.296 e. The highest BCUT2D eigenvalue weighted by Gasteiger charge is 2.29. The standard InChI is InChI=1S/C13H8F3NO.C2H6/c14-13(15,16)10-6-4-9(5-7-10)12-3-1-2-11(8-18)17-12;1-2/h1-8H;1-2H3. The number of halogens is 3. The molecule has 0 unspecified atom stereocenters. The average Bonchev–Trinajstić information content (AvgIpc) is 2.48. The summed E-state index contributed by atoms with van der Waals surface area (Å²) >= 11 is 0. The van der Waals surface area contributed by atoms with Crippen molar-refractivity contribution in [3.8, 4) is 11.3 Å². The van der Waals surface area contributed by atoms with E-state index in [9.17, 15) is 18.0 Å². The molecule has 5 heteroatoms. The summed E-state index contributed by atoms with van der Waals surface area (Å²) in [5, 5.41) is 0. The van der Waals surface area contributed by atoms with Crippen LogP contribution in [-0.2, 0) is 6.18 Å². The number of hydrogen-bond donors (Lipinski definition) is 0. The van der Waals surface area contributed by atoms with Gasteiger partial charge in [0, 0.05) is 5.56 Å². The fourth-order valence-electron chi connectivity index (χ4n) is 1.51. The van der Waals surface area contributed by atoms with E-state index >= 15 is 0 Å². The topological polar surface area (TPSA) is 30.0 Å². The van der Waals surface area contributed by atoms with Crippen LogP contribution in [0, 0.1) is 0 Å². The molecule has 0 bridgehead atoms. The van der Waals surface area contributed by atoms with Crippen LogP contribution in [0.4, 0.5) is 13.2 Å². The van der Waals surface area contributed by atoms with Gasteiger partial charge in [0.05, 0.1) is 11.3 Å². The number of rotatable bonds is 2. The van der Waals surface area contributed by atoms with Crippen molar-refractivity contribution in [2.45, 2.75) is 20.0 Å². The second-order valence-electron chi connectivity index (χ2n) is 3.64. The fourth-order valence-corrected chi connectivity index (χ4v) is 1.51. The van der Waals surface area contributed by atoms with E-state index < -0.39 is 11.7 Å². The fraction of sp³-hybridized carbons (Fsp3) is 0.200. The predicted molar refractivity (Wildman–Crippen MR) is 71.4 cm³/mol. The summed E-state index contributed by atoms with van der Waals surface area (Å²) in [6.45, 7) is 4.00. The summed E-state index contributed by atoms with van der Waals surface area (Å²) in [5.41, 5.74) is 0.533. The molecule has 0 aliphatic heterocycles. The van der Waals surface area contributed by atoms with Crippen molar-refractivity contribution in [1.29, 1.82) is 0 Å². The van der Waals surface area contributed by atoms with Gasteiger partial charge in [-0.05, 0) is 24.3 Å². The number of aromatic nitrogens is 1. The van der Waals surface area contributed by atoms with Crippen LogP contribution in [0.15, 0.2) is 42.5 Å². The van der Waals surface area contributed by atoms with Crippen molar-refractivity contribution in [3.63, 3.8) is 0 Å². The van der Waals surface area contributed by atoms with Crippen LogP contribution < -0.4 is 0 Å². The van der Waals surface area contributed by atoms with Crippen LogP contribution in [0.25, 0.3) is 11.3 Å². The molecule has 2 aromatic rings. The summed E-state index contributed by atoms with van der Waals surface area (Å²) in [4.78, 5) is 14.6. The normalized spacial score (nSPS) is 10.4. The SMILES string of the molecule is CC.O=Cc1cccc(-c2ccc(C(F)(F)F)cc2)n1. The first-order valence-electron chi connectivity index (χ1n) is 6.10. The Hall–Kier alpha value is -2.17. The van der Waals surface area contributed by atoms with E-state index in [0.29, 0.717) is 17.5 Å². The van der Waals surface area contributed by atoms with Crippen molar-refractivity contribution >= 4 is 6.29 Å². The molecule has 0 saturated carbocycles. The predicted octanol–water partition coefficient (Wildman–Crippen LogP) is 4.61. The van der Waals surface area contributed by atoms with Gasteiger partial charge in [0.25, 0.3) is 0 Å². The van der Waals surface area contributed by atoms with E-state index in [2.05, 4.69) is 4.98 Å². The van der Waals surface area contributed by atoms with Gasteiger partial charge in [-0.25, -0.2) is 4.98 Å². The number of carbonyl (C=O) groups excluding carboxylic acids is 1. The maximum Gasteiger partial charge on any atom is 0.416 e. The molecule has 2 nitrogen and oxygen atoms in total. The number of benzene rings is 1. The van der Waals surface area contributed by atoms with Crippen LogP contribution in [0.2, 0.25) is 0 Å². The molecule has 1 aromatic carbocycles. The largest absolute Gasteiger partial charge is 0.416 e. The second-order valence-corrected chi connectivity index (χ2v) is 3.64. The lowest BCUT2D eigenvalue weighted by Crippen LogP contribution is -2.04. The Balaban J connectivity index is 0.000000956. The van der Waals surface area contributed by atoms with Gasteiger partial charge < -0.3 is 0 Å². The molecule has 20 heavy (non-hydrogen) atoms. The molecule has 0 saturated heterocycles. The van der Waals surface area contributed by atoms with Gasteiger partial charge in [-0.15, -0.1) is 0 Å². The first-order chi connectivity index (χ1) is 9.50. The highest BCUT2D eigenvalue weighted by atomic mass is 19.4. The number of carbonyl (C=O) groups is 1. The molecule has 0 amide bonds. The molecule has 0 N–H and O–H groups in total. The van der Waals surface area contributed by atoms with E-state index in [0.717, 1.165) is 12.1 Å². The number of hydrogen-bond acceptors (Lipinski definition) is 2. The molecule has 0 radical (unpaired) electrons. The summed E-state index contributed by atoms with van der Waals surface area (Å²) in [5.74, 6) is 0. The minimum absolute atomic E-state index is 0.243. The Morgan fingerprint density at radius 1 is 1.00 bits per heavy atom. The summed E-state index contributed by atoms with van der Waals surface area (Å²) < 4.78 is 37.1. The third-order valence-corrected chi connectivity index (χ3v) is 2.40. The molecule has 0 fully saturated rings. The van der Waals surface area contributed by atoms with Crippen molar-refractivity contribution in [1.82, 2.24) is 4.98 Å². The molecule has 0 spiro atoms. The van der Waals surface area contributed by atoms with Crippen molar-refractivity contribution in [3.05, 3.63) is 53.7 Å². The lowest BCUT2D eigenvalue weighted by atomic mass is 10.1. The molecular weight excluding hydrogens is 267 g/mol. The maximum absolute atomic E-state index is 12.4. The minimum Gasteiger partial charge on any atom is -0.296 e. The van der Waals surface area contributed by atoms with Crippen LogP contribution in [0.1, 0.15) is 29.9 Å². The van der Waals surface area contributed by atoms with Crippen molar-refractivity contribution < 1.29 is 18.0 Å². The highest BCUT2D eigenvalue weighted by molar-refractivity contribution is 5.73. The van der Waals surface area contributed by atoms with Gasteiger partial charge in [0.2, 0.25) is 0 Å². The Bertz CT molecular complexity index is 562. The molecule has 1 aromatic heterocycles.